The molecule has 4 aliphatic heterocycles. The van der Waals surface area contributed by atoms with Crippen molar-refractivity contribution < 1.29 is 14.2 Å². The lowest BCUT2D eigenvalue weighted by Crippen LogP contribution is -2.61. The van der Waals surface area contributed by atoms with E-state index in [1.165, 1.54) is 24.3 Å². The van der Waals surface area contributed by atoms with Crippen LogP contribution in [0.1, 0.15) is 31.2 Å². The van der Waals surface area contributed by atoms with Crippen LogP contribution in [0.25, 0.3) is 27.4 Å². The first kappa shape index (κ1) is 25.7. The Morgan fingerprint density at radius 1 is 1.24 bits per heavy atom. The number of ether oxygens (including phenoxy) is 1. The third-order valence-electron chi connectivity index (χ3n) is 8.70. The Kier molecular flexibility index (Phi) is 6.25. The summed E-state index contributed by atoms with van der Waals surface area (Å²) in [5.74, 6) is 2.29. The number of piperidine rings is 2. The molecule has 41 heavy (non-hydrogen) atoms. The minimum absolute atomic E-state index is 0.0174. The number of benzene rings is 2. The van der Waals surface area contributed by atoms with E-state index in [2.05, 4.69) is 38.2 Å². The SMILES string of the molecule is C#Cc1c(F)ccc2cc(O)cc(-n3ncc4c(N5CC6CCC5CN6)nc(OC[C@@H]5CCCN5C)nc4c3=O)c12. The molecule has 4 aromatic rings. The smallest absolute Gasteiger partial charge is 0.319 e. The number of aromatic nitrogens is 4. The second kappa shape index (κ2) is 9.98. The highest BCUT2D eigenvalue weighted by Gasteiger charge is 2.36. The molecule has 210 valence electrons. The first-order valence-corrected chi connectivity index (χ1v) is 14.0. The molecule has 2 bridgehead atoms. The van der Waals surface area contributed by atoms with Crippen LogP contribution in [0.15, 0.2) is 35.3 Å². The molecule has 10 nitrogen and oxygen atoms in total. The molecule has 11 heteroatoms. The molecule has 2 unspecified atom stereocenters. The summed E-state index contributed by atoms with van der Waals surface area (Å²) < 4.78 is 22.0. The highest BCUT2D eigenvalue weighted by molar-refractivity contribution is 5.97. The van der Waals surface area contributed by atoms with E-state index in [4.69, 9.17) is 16.1 Å². The second-order valence-corrected chi connectivity index (χ2v) is 11.2. The largest absolute Gasteiger partial charge is 0.508 e. The molecule has 0 radical (unpaired) electrons. The average Bonchev–Trinajstić information content (AvgIpc) is 3.41. The monoisotopic (exact) mass is 555 g/mol. The Labute approximate surface area is 235 Å². The number of hydrogen-bond acceptors (Lipinski definition) is 9. The van der Waals surface area contributed by atoms with Crippen LogP contribution in [0.2, 0.25) is 0 Å². The maximum atomic E-state index is 14.7. The van der Waals surface area contributed by atoms with Gasteiger partial charge in [-0.15, -0.1) is 6.42 Å². The van der Waals surface area contributed by atoms with Gasteiger partial charge in [0.1, 0.15) is 29.5 Å². The van der Waals surface area contributed by atoms with Crippen molar-refractivity contribution in [1.29, 1.82) is 0 Å². The number of anilines is 1. The fourth-order valence-corrected chi connectivity index (χ4v) is 6.48. The molecule has 2 N–H and O–H groups in total. The highest BCUT2D eigenvalue weighted by Crippen LogP contribution is 2.34. The Balaban J connectivity index is 1.41. The Hall–Kier alpha value is -4.27. The van der Waals surface area contributed by atoms with Gasteiger partial charge in [0.15, 0.2) is 0 Å². The van der Waals surface area contributed by atoms with E-state index in [9.17, 15) is 14.3 Å². The number of fused-ring (bicyclic) bond motifs is 5. The number of piperazine rings is 1. The third kappa shape index (κ3) is 4.34. The van der Waals surface area contributed by atoms with Gasteiger partial charge in [0.2, 0.25) is 0 Å². The standard InChI is InChI=1S/C30H30FN7O3/c1-3-22-24(31)9-6-17-11-21(39)12-25(26(17)22)38-29(40)27-23(14-33-38)28(37-15-18-7-8-19(37)13-32-18)35-30(34-27)41-16-20-5-4-10-36(20)2/h1,6,9,11-12,14,18-20,32,39H,4-5,7-8,10,13,15-16H2,2H3/t18?,19?,20-/m0/s1. The summed E-state index contributed by atoms with van der Waals surface area (Å²) in [4.78, 5) is 28.0. The van der Waals surface area contributed by atoms with Crippen molar-refractivity contribution in [3.05, 3.63) is 52.2 Å². The third-order valence-corrected chi connectivity index (χ3v) is 8.70. The molecular weight excluding hydrogens is 525 g/mol. The number of phenolic OH excluding ortho intramolecular Hbond substituents is 1. The van der Waals surface area contributed by atoms with Gasteiger partial charge in [-0.05, 0) is 56.8 Å². The number of terminal acetylenes is 1. The topological polar surface area (TPSA) is 109 Å². The summed E-state index contributed by atoms with van der Waals surface area (Å²) in [6.07, 6.45) is 11.5. The van der Waals surface area contributed by atoms with Crippen molar-refractivity contribution in [2.24, 2.45) is 0 Å². The van der Waals surface area contributed by atoms with Crippen molar-refractivity contribution in [2.45, 2.75) is 43.8 Å². The molecule has 2 aromatic carbocycles. The van der Waals surface area contributed by atoms with Gasteiger partial charge in [-0.1, -0.05) is 12.0 Å². The molecular formula is C30H30FN7O3. The second-order valence-electron chi connectivity index (χ2n) is 11.2. The first-order valence-electron chi connectivity index (χ1n) is 14.0. The first-order chi connectivity index (χ1) is 19.9. The number of halogens is 1. The van der Waals surface area contributed by atoms with Gasteiger partial charge in [-0.3, -0.25) is 4.79 Å². The van der Waals surface area contributed by atoms with Crippen LogP contribution in [-0.4, -0.2) is 81.2 Å². The van der Waals surface area contributed by atoms with Crippen LogP contribution in [0.4, 0.5) is 10.2 Å². The van der Waals surface area contributed by atoms with E-state index in [0.717, 1.165) is 50.0 Å². The zero-order chi connectivity index (χ0) is 28.2. The van der Waals surface area contributed by atoms with Gasteiger partial charge in [0.05, 0.1) is 22.8 Å². The van der Waals surface area contributed by atoms with Gasteiger partial charge in [-0.25, -0.2) is 4.39 Å². The summed E-state index contributed by atoms with van der Waals surface area (Å²) in [5.41, 5.74) is -0.273. The molecule has 0 saturated carbocycles. The molecule has 0 aliphatic carbocycles. The summed E-state index contributed by atoms with van der Waals surface area (Å²) in [7, 11) is 2.07. The highest BCUT2D eigenvalue weighted by atomic mass is 19.1. The molecule has 4 aliphatic rings. The van der Waals surface area contributed by atoms with Crippen LogP contribution in [0, 0.1) is 18.2 Å². The van der Waals surface area contributed by atoms with Crippen LogP contribution in [0.3, 0.4) is 0 Å². The molecule has 2 aromatic heterocycles. The van der Waals surface area contributed by atoms with Crippen molar-refractivity contribution in [3.8, 4) is 29.8 Å². The number of nitrogens with zero attached hydrogens (tertiary/aromatic N) is 6. The van der Waals surface area contributed by atoms with Crippen molar-refractivity contribution in [2.75, 3.05) is 38.2 Å². The Morgan fingerprint density at radius 3 is 2.83 bits per heavy atom. The molecule has 6 heterocycles. The summed E-state index contributed by atoms with van der Waals surface area (Å²) in [6.45, 7) is 3.01. The normalized spacial score (nSPS) is 22.5. The summed E-state index contributed by atoms with van der Waals surface area (Å²) in [5, 5.41) is 19.8. The molecule has 3 atom stereocenters. The minimum atomic E-state index is -0.605. The number of likely N-dealkylation sites (N-methyl/N-ethyl adjacent to an activating group) is 1. The van der Waals surface area contributed by atoms with E-state index < -0.39 is 11.4 Å². The van der Waals surface area contributed by atoms with Crippen LogP contribution >= 0.6 is 0 Å². The lowest BCUT2D eigenvalue weighted by molar-refractivity contribution is 0.188. The number of aromatic hydroxyl groups is 1. The van der Waals surface area contributed by atoms with E-state index in [1.54, 1.807) is 6.20 Å². The number of nitrogens with one attached hydrogen (secondary N) is 1. The van der Waals surface area contributed by atoms with Gasteiger partial charge < -0.3 is 25.0 Å². The van der Waals surface area contributed by atoms with Crippen molar-refractivity contribution >= 4 is 27.5 Å². The number of rotatable bonds is 5. The predicted molar refractivity (Wildman–Crippen MR) is 153 cm³/mol. The van der Waals surface area contributed by atoms with Gasteiger partial charge in [0, 0.05) is 42.7 Å². The lowest BCUT2D eigenvalue weighted by atomic mass is 9.93. The van der Waals surface area contributed by atoms with Crippen LogP contribution in [0.5, 0.6) is 11.8 Å². The fraction of sp³-hybridized carbons (Fsp3) is 0.400. The maximum Gasteiger partial charge on any atom is 0.319 e. The Bertz CT molecular complexity index is 1780. The van der Waals surface area contributed by atoms with Crippen LogP contribution < -0.4 is 20.5 Å². The van der Waals surface area contributed by atoms with Gasteiger partial charge in [0.25, 0.3) is 5.56 Å². The zero-order valence-electron chi connectivity index (χ0n) is 22.7. The number of phenols is 1. The number of likely N-dealkylation sites (tertiary alicyclic amines) is 1. The van der Waals surface area contributed by atoms with E-state index >= 15 is 0 Å². The van der Waals surface area contributed by atoms with Crippen molar-refractivity contribution in [3.63, 3.8) is 0 Å². The Morgan fingerprint density at radius 2 is 2.12 bits per heavy atom. The predicted octanol–water partition coefficient (Wildman–Crippen LogP) is 2.57. The lowest BCUT2D eigenvalue weighted by Gasteiger charge is -2.46. The average molecular weight is 556 g/mol. The molecule has 4 fully saturated rings. The number of hydrogen-bond donors (Lipinski definition) is 2. The fourth-order valence-electron chi connectivity index (χ4n) is 6.48. The quantitative estimate of drug-likeness (QED) is 0.359. The van der Waals surface area contributed by atoms with E-state index in [-0.39, 0.29) is 40.6 Å². The molecule has 4 saturated heterocycles. The minimum Gasteiger partial charge on any atom is -0.508 e. The summed E-state index contributed by atoms with van der Waals surface area (Å²) >= 11 is 0. The maximum absolute atomic E-state index is 14.7. The summed E-state index contributed by atoms with van der Waals surface area (Å²) in [6, 6.07) is 6.52. The van der Waals surface area contributed by atoms with E-state index in [1.807, 2.05) is 0 Å². The molecule has 8 rings (SSSR count). The van der Waals surface area contributed by atoms with E-state index in [0.29, 0.717) is 34.6 Å². The molecule has 0 amide bonds. The molecule has 0 spiro atoms. The zero-order valence-corrected chi connectivity index (χ0v) is 22.7. The van der Waals surface area contributed by atoms with Gasteiger partial charge >= 0.3 is 6.01 Å². The van der Waals surface area contributed by atoms with Crippen LogP contribution in [-0.2, 0) is 0 Å². The van der Waals surface area contributed by atoms with Crippen molar-refractivity contribution in [1.82, 2.24) is 30.0 Å². The van der Waals surface area contributed by atoms with Gasteiger partial charge in [-0.2, -0.15) is 19.7 Å².